The van der Waals surface area contributed by atoms with Crippen LogP contribution in [0.4, 0.5) is 11.4 Å². The van der Waals surface area contributed by atoms with E-state index in [0.717, 1.165) is 38.3 Å². The molecule has 104 valence electrons. The van der Waals surface area contributed by atoms with Gasteiger partial charge in [-0.25, -0.2) is 0 Å². The number of benzene rings is 1. The van der Waals surface area contributed by atoms with Crippen LogP contribution in [0.2, 0.25) is 0 Å². The molecule has 1 aliphatic rings. The van der Waals surface area contributed by atoms with Crippen molar-refractivity contribution >= 4 is 17.2 Å². The summed E-state index contributed by atoms with van der Waals surface area (Å²) < 4.78 is 5.39. The standard InChI is InChI=1S/C15H22N2O2/c1-11(18)13-9-12(3-4-14(13)16)17-10-15(2)5-7-19-8-6-15/h3-4,9,17H,5-8,10,16H2,1-2H3. The quantitative estimate of drug-likeness (QED) is 0.647. The molecule has 0 aliphatic carbocycles. The third kappa shape index (κ3) is 3.47. The van der Waals surface area contributed by atoms with E-state index in [1.807, 2.05) is 12.1 Å². The number of carbonyl (C=O) groups excluding carboxylic acids is 1. The summed E-state index contributed by atoms with van der Waals surface area (Å²) in [4.78, 5) is 11.5. The second-order valence-electron chi connectivity index (χ2n) is 5.63. The summed E-state index contributed by atoms with van der Waals surface area (Å²) in [6.07, 6.45) is 2.13. The minimum Gasteiger partial charge on any atom is -0.398 e. The lowest BCUT2D eigenvalue weighted by Crippen LogP contribution is -2.33. The van der Waals surface area contributed by atoms with E-state index >= 15 is 0 Å². The number of ketones is 1. The molecule has 4 heteroatoms. The molecular formula is C15H22N2O2. The van der Waals surface area contributed by atoms with Gasteiger partial charge < -0.3 is 15.8 Å². The van der Waals surface area contributed by atoms with E-state index in [-0.39, 0.29) is 11.2 Å². The van der Waals surface area contributed by atoms with Gasteiger partial charge in [-0.15, -0.1) is 0 Å². The lowest BCUT2D eigenvalue weighted by molar-refractivity contribution is 0.0300. The van der Waals surface area contributed by atoms with Crippen LogP contribution in [0.3, 0.4) is 0 Å². The number of ether oxygens (including phenoxy) is 1. The van der Waals surface area contributed by atoms with Crippen LogP contribution in [-0.2, 0) is 4.74 Å². The zero-order valence-electron chi connectivity index (χ0n) is 11.7. The number of rotatable bonds is 4. The van der Waals surface area contributed by atoms with E-state index in [9.17, 15) is 4.79 Å². The van der Waals surface area contributed by atoms with Crippen LogP contribution in [0, 0.1) is 5.41 Å². The Morgan fingerprint density at radius 3 is 2.74 bits per heavy atom. The van der Waals surface area contributed by atoms with Crippen molar-refractivity contribution in [1.82, 2.24) is 0 Å². The highest BCUT2D eigenvalue weighted by molar-refractivity contribution is 6.00. The maximum atomic E-state index is 11.5. The summed E-state index contributed by atoms with van der Waals surface area (Å²) in [5.41, 5.74) is 8.12. The van der Waals surface area contributed by atoms with Crippen molar-refractivity contribution < 1.29 is 9.53 Å². The third-order valence-electron chi connectivity index (χ3n) is 3.85. The molecule has 19 heavy (non-hydrogen) atoms. The molecule has 3 N–H and O–H groups in total. The Morgan fingerprint density at radius 2 is 2.11 bits per heavy atom. The van der Waals surface area contributed by atoms with Crippen LogP contribution in [-0.4, -0.2) is 25.5 Å². The Hall–Kier alpha value is -1.55. The SMILES string of the molecule is CC(=O)c1cc(NCC2(C)CCOCC2)ccc1N. The fraction of sp³-hybridized carbons (Fsp3) is 0.533. The smallest absolute Gasteiger partial charge is 0.161 e. The molecule has 0 atom stereocenters. The van der Waals surface area contributed by atoms with Gasteiger partial charge in [0.1, 0.15) is 0 Å². The predicted molar refractivity (Wildman–Crippen MR) is 77.5 cm³/mol. The molecule has 0 aromatic heterocycles. The molecule has 0 unspecified atom stereocenters. The molecule has 0 bridgehead atoms. The van der Waals surface area contributed by atoms with Crippen molar-refractivity contribution in [3.63, 3.8) is 0 Å². The summed E-state index contributed by atoms with van der Waals surface area (Å²) in [5.74, 6) is -0.00146. The molecular weight excluding hydrogens is 240 g/mol. The topological polar surface area (TPSA) is 64.3 Å². The fourth-order valence-corrected chi connectivity index (χ4v) is 2.33. The van der Waals surface area contributed by atoms with Crippen molar-refractivity contribution in [2.45, 2.75) is 26.7 Å². The van der Waals surface area contributed by atoms with Gasteiger partial charge in [-0.1, -0.05) is 6.92 Å². The van der Waals surface area contributed by atoms with Gasteiger partial charge in [-0.05, 0) is 43.4 Å². The molecule has 0 saturated carbocycles. The van der Waals surface area contributed by atoms with E-state index in [1.54, 1.807) is 6.07 Å². The number of hydrogen-bond donors (Lipinski definition) is 2. The molecule has 2 rings (SSSR count). The second kappa shape index (κ2) is 5.61. The number of nitrogens with two attached hydrogens (primary N) is 1. The van der Waals surface area contributed by atoms with E-state index in [4.69, 9.17) is 10.5 Å². The lowest BCUT2D eigenvalue weighted by atomic mass is 9.82. The Kier molecular flexibility index (Phi) is 4.10. The number of anilines is 2. The highest BCUT2D eigenvalue weighted by Crippen LogP contribution is 2.30. The summed E-state index contributed by atoms with van der Waals surface area (Å²) in [6, 6.07) is 5.54. The van der Waals surface area contributed by atoms with Crippen LogP contribution in [0.1, 0.15) is 37.0 Å². The van der Waals surface area contributed by atoms with Crippen LogP contribution >= 0.6 is 0 Å². The molecule has 4 nitrogen and oxygen atoms in total. The Balaban J connectivity index is 2.03. The summed E-state index contributed by atoms with van der Waals surface area (Å²) in [7, 11) is 0. The molecule has 1 heterocycles. The van der Waals surface area contributed by atoms with E-state index in [2.05, 4.69) is 12.2 Å². The molecule has 1 aromatic rings. The van der Waals surface area contributed by atoms with Gasteiger partial charge in [-0.3, -0.25) is 4.79 Å². The second-order valence-corrected chi connectivity index (χ2v) is 5.63. The van der Waals surface area contributed by atoms with E-state index in [0.29, 0.717) is 11.3 Å². The molecule has 0 radical (unpaired) electrons. The highest BCUT2D eigenvalue weighted by Gasteiger charge is 2.27. The average Bonchev–Trinajstić information content (AvgIpc) is 2.38. The number of hydrogen-bond acceptors (Lipinski definition) is 4. The molecule has 0 spiro atoms. The average molecular weight is 262 g/mol. The first-order valence-electron chi connectivity index (χ1n) is 6.72. The largest absolute Gasteiger partial charge is 0.398 e. The summed E-state index contributed by atoms with van der Waals surface area (Å²) in [5, 5.41) is 3.41. The maximum absolute atomic E-state index is 11.5. The minimum absolute atomic E-state index is 0.00146. The van der Waals surface area contributed by atoms with Gasteiger partial charge in [0.05, 0.1) is 0 Å². The maximum Gasteiger partial charge on any atom is 0.161 e. The first-order chi connectivity index (χ1) is 9.00. The number of Topliss-reactive ketones (excluding diaryl/α,β-unsaturated/α-hetero) is 1. The van der Waals surface area contributed by atoms with Gasteiger partial charge >= 0.3 is 0 Å². The van der Waals surface area contributed by atoms with Crippen LogP contribution in [0.5, 0.6) is 0 Å². The first kappa shape index (κ1) is 13.9. The normalized spacial score (nSPS) is 18.0. The van der Waals surface area contributed by atoms with Crippen molar-refractivity contribution in [2.24, 2.45) is 5.41 Å². The van der Waals surface area contributed by atoms with Gasteiger partial charge in [0, 0.05) is 36.7 Å². The third-order valence-corrected chi connectivity index (χ3v) is 3.85. The number of nitrogen functional groups attached to an aromatic ring is 1. The zero-order chi connectivity index (χ0) is 13.9. The van der Waals surface area contributed by atoms with Crippen molar-refractivity contribution in [2.75, 3.05) is 30.8 Å². The predicted octanol–water partition coefficient (Wildman–Crippen LogP) is 2.70. The van der Waals surface area contributed by atoms with Gasteiger partial charge in [0.15, 0.2) is 5.78 Å². The fourth-order valence-electron chi connectivity index (χ4n) is 2.33. The van der Waals surface area contributed by atoms with Crippen LogP contribution in [0.15, 0.2) is 18.2 Å². The van der Waals surface area contributed by atoms with Crippen LogP contribution in [0.25, 0.3) is 0 Å². The Labute approximate surface area is 114 Å². The molecule has 1 aliphatic heterocycles. The minimum atomic E-state index is -0.00146. The molecule has 1 fully saturated rings. The van der Waals surface area contributed by atoms with Crippen molar-refractivity contribution in [3.8, 4) is 0 Å². The first-order valence-corrected chi connectivity index (χ1v) is 6.72. The molecule has 0 amide bonds. The van der Waals surface area contributed by atoms with E-state index in [1.165, 1.54) is 6.92 Å². The molecule has 1 aromatic carbocycles. The Morgan fingerprint density at radius 1 is 1.42 bits per heavy atom. The van der Waals surface area contributed by atoms with Crippen molar-refractivity contribution in [3.05, 3.63) is 23.8 Å². The number of carbonyl (C=O) groups is 1. The van der Waals surface area contributed by atoms with Gasteiger partial charge in [0.2, 0.25) is 0 Å². The van der Waals surface area contributed by atoms with Gasteiger partial charge in [0.25, 0.3) is 0 Å². The lowest BCUT2D eigenvalue weighted by Gasteiger charge is -2.34. The molecule has 1 saturated heterocycles. The highest BCUT2D eigenvalue weighted by atomic mass is 16.5. The Bertz CT molecular complexity index is 465. The van der Waals surface area contributed by atoms with Crippen LogP contribution < -0.4 is 11.1 Å². The zero-order valence-corrected chi connectivity index (χ0v) is 11.7. The van der Waals surface area contributed by atoms with Gasteiger partial charge in [-0.2, -0.15) is 0 Å². The number of nitrogens with one attached hydrogen (secondary N) is 1. The summed E-state index contributed by atoms with van der Waals surface area (Å²) in [6.45, 7) is 6.36. The monoisotopic (exact) mass is 262 g/mol. The van der Waals surface area contributed by atoms with Crippen molar-refractivity contribution in [1.29, 1.82) is 0 Å². The van der Waals surface area contributed by atoms with E-state index < -0.39 is 0 Å². The summed E-state index contributed by atoms with van der Waals surface area (Å²) >= 11 is 0.